The molecule has 0 saturated heterocycles. The van der Waals surface area contributed by atoms with E-state index in [1.165, 1.54) is 37.5 Å². The van der Waals surface area contributed by atoms with E-state index in [1.807, 2.05) is 6.08 Å². The van der Waals surface area contributed by atoms with E-state index in [-0.39, 0.29) is 16.7 Å². The Labute approximate surface area is 133 Å². The van der Waals surface area contributed by atoms with Gasteiger partial charge >= 0.3 is 0 Å². The average Bonchev–Trinajstić information content (AvgIpc) is 2.84. The van der Waals surface area contributed by atoms with Crippen molar-refractivity contribution in [1.29, 1.82) is 0 Å². The highest BCUT2D eigenvalue weighted by atomic mass is 16.1. The minimum absolute atomic E-state index is 0.255. The van der Waals surface area contributed by atoms with Crippen LogP contribution < -0.4 is 0 Å². The Morgan fingerprint density at radius 2 is 1.86 bits per heavy atom. The van der Waals surface area contributed by atoms with E-state index in [0.29, 0.717) is 5.78 Å². The molecule has 4 aliphatic rings. The summed E-state index contributed by atoms with van der Waals surface area (Å²) in [5.41, 5.74) is 1.96. The zero-order valence-corrected chi connectivity index (χ0v) is 13.9. The number of hydrogen-bond acceptors (Lipinski definition) is 2. The second kappa shape index (κ2) is 4.79. The molecule has 2 heteroatoms. The van der Waals surface area contributed by atoms with E-state index < -0.39 is 0 Å². The van der Waals surface area contributed by atoms with Gasteiger partial charge in [0.1, 0.15) is 6.29 Å². The Morgan fingerprint density at radius 1 is 1.05 bits per heavy atom. The smallest absolute Gasteiger partial charge is 0.155 e. The molecule has 0 aromatic rings. The van der Waals surface area contributed by atoms with Crippen molar-refractivity contribution >= 4 is 12.1 Å². The maximum atomic E-state index is 11.8. The summed E-state index contributed by atoms with van der Waals surface area (Å²) < 4.78 is 0. The molecule has 0 heterocycles. The Morgan fingerprint density at radius 3 is 2.64 bits per heavy atom. The van der Waals surface area contributed by atoms with Crippen LogP contribution in [0.15, 0.2) is 11.6 Å². The molecule has 4 aliphatic carbocycles. The van der Waals surface area contributed by atoms with Crippen LogP contribution in [-0.2, 0) is 9.59 Å². The van der Waals surface area contributed by atoms with Crippen molar-refractivity contribution in [3.63, 3.8) is 0 Å². The van der Waals surface area contributed by atoms with Crippen LogP contribution in [0.5, 0.6) is 0 Å². The summed E-state index contributed by atoms with van der Waals surface area (Å²) >= 11 is 0. The fraction of sp³-hybridized carbons (Fsp3) is 0.800. The highest BCUT2D eigenvalue weighted by molar-refractivity contribution is 5.91. The average molecular weight is 300 g/mol. The molecule has 0 aromatic carbocycles. The van der Waals surface area contributed by atoms with Crippen LogP contribution in [0.3, 0.4) is 0 Å². The molecule has 0 spiro atoms. The van der Waals surface area contributed by atoms with Gasteiger partial charge in [-0.3, -0.25) is 4.79 Å². The highest BCUT2D eigenvalue weighted by Gasteiger charge is 2.58. The Kier molecular flexibility index (Phi) is 3.19. The first-order valence-electron chi connectivity index (χ1n) is 9.18. The minimum atomic E-state index is 0.255. The van der Waals surface area contributed by atoms with Crippen LogP contribution in [0.4, 0.5) is 0 Å². The van der Waals surface area contributed by atoms with Gasteiger partial charge in [0.15, 0.2) is 5.78 Å². The largest absolute Gasteiger partial charge is 0.303 e. The van der Waals surface area contributed by atoms with Gasteiger partial charge in [-0.1, -0.05) is 19.4 Å². The maximum Gasteiger partial charge on any atom is 0.155 e. The number of allylic oxidation sites excluding steroid dienone is 1. The second-order valence-corrected chi connectivity index (χ2v) is 8.83. The highest BCUT2D eigenvalue weighted by Crippen LogP contribution is 2.66. The summed E-state index contributed by atoms with van der Waals surface area (Å²) in [7, 11) is 0. The standard InChI is InChI=1S/C20H28O2/c1-19-9-7-15(22)11-13(19)3-5-16-17-6-4-14(12-21)20(17,2)10-8-18(16)19/h11-12,14,16-18H,3-10H2,1-2H3/t14-,16-,17-,18-,19+,20-/m1/s1. The number of aldehydes is 1. The predicted molar refractivity (Wildman–Crippen MR) is 86.3 cm³/mol. The molecule has 2 nitrogen and oxygen atoms in total. The molecule has 0 unspecified atom stereocenters. The summed E-state index contributed by atoms with van der Waals surface area (Å²) in [4.78, 5) is 23.3. The van der Waals surface area contributed by atoms with E-state index in [4.69, 9.17) is 0 Å². The van der Waals surface area contributed by atoms with Crippen molar-refractivity contribution in [2.75, 3.05) is 0 Å². The molecular weight excluding hydrogens is 272 g/mol. The van der Waals surface area contributed by atoms with Gasteiger partial charge in [-0.05, 0) is 79.6 Å². The van der Waals surface area contributed by atoms with Gasteiger partial charge in [0, 0.05) is 12.3 Å². The molecule has 0 radical (unpaired) electrons. The summed E-state index contributed by atoms with van der Waals surface area (Å²) in [5.74, 6) is 2.88. The number of hydrogen-bond donors (Lipinski definition) is 0. The maximum absolute atomic E-state index is 11.8. The lowest BCUT2D eigenvalue weighted by Crippen LogP contribution is -2.50. The van der Waals surface area contributed by atoms with E-state index in [2.05, 4.69) is 13.8 Å². The number of fused-ring (bicyclic) bond motifs is 5. The quantitative estimate of drug-likeness (QED) is 0.675. The van der Waals surface area contributed by atoms with Crippen molar-refractivity contribution < 1.29 is 9.59 Å². The SMILES string of the molecule is C[C@]12CC[C@@H]3[C@H](CCC4=CC(=O)CC[C@@]43C)[C@H]1CC[C@@H]2C=O. The molecule has 0 aromatic heterocycles. The first-order valence-corrected chi connectivity index (χ1v) is 9.18. The lowest BCUT2D eigenvalue weighted by molar-refractivity contribution is -0.120. The molecule has 3 fully saturated rings. The molecule has 0 bridgehead atoms. The monoisotopic (exact) mass is 300 g/mol. The summed E-state index contributed by atoms with van der Waals surface area (Å²) in [6, 6.07) is 0. The minimum Gasteiger partial charge on any atom is -0.303 e. The number of carbonyl (C=O) groups is 2. The molecule has 120 valence electrons. The first kappa shape index (κ1) is 14.7. The van der Waals surface area contributed by atoms with Gasteiger partial charge in [0.05, 0.1) is 0 Å². The third kappa shape index (κ3) is 1.79. The Balaban J connectivity index is 1.68. The predicted octanol–water partition coefficient (Wildman–Crippen LogP) is 4.33. The molecule has 6 atom stereocenters. The van der Waals surface area contributed by atoms with Gasteiger partial charge in [-0.25, -0.2) is 0 Å². The van der Waals surface area contributed by atoms with Crippen LogP contribution in [0, 0.1) is 34.5 Å². The van der Waals surface area contributed by atoms with Gasteiger partial charge in [-0.2, -0.15) is 0 Å². The number of rotatable bonds is 1. The van der Waals surface area contributed by atoms with E-state index in [1.54, 1.807) is 0 Å². The summed E-state index contributed by atoms with van der Waals surface area (Å²) in [5, 5.41) is 0. The zero-order chi connectivity index (χ0) is 15.5. The molecule has 22 heavy (non-hydrogen) atoms. The lowest BCUT2D eigenvalue weighted by Gasteiger charge is -2.57. The third-order valence-electron chi connectivity index (χ3n) is 8.20. The van der Waals surface area contributed by atoms with Crippen LogP contribution in [0.2, 0.25) is 0 Å². The van der Waals surface area contributed by atoms with Crippen LogP contribution >= 0.6 is 0 Å². The fourth-order valence-corrected chi connectivity index (χ4v) is 6.82. The fourth-order valence-electron chi connectivity index (χ4n) is 6.82. The van der Waals surface area contributed by atoms with E-state index in [0.717, 1.165) is 43.4 Å². The topological polar surface area (TPSA) is 34.1 Å². The lowest BCUT2D eigenvalue weighted by atomic mass is 9.47. The first-order chi connectivity index (χ1) is 10.5. The molecular formula is C20H28O2. The molecule has 3 saturated carbocycles. The Hall–Kier alpha value is -0.920. The van der Waals surface area contributed by atoms with Crippen LogP contribution in [-0.4, -0.2) is 12.1 Å². The zero-order valence-electron chi connectivity index (χ0n) is 13.9. The molecule has 4 rings (SSSR count). The van der Waals surface area contributed by atoms with Gasteiger partial charge in [0.25, 0.3) is 0 Å². The van der Waals surface area contributed by atoms with Crippen LogP contribution in [0.1, 0.15) is 65.2 Å². The van der Waals surface area contributed by atoms with Crippen molar-refractivity contribution in [3.8, 4) is 0 Å². The van der Waals surface area contributed by atoms with Crippen molar-refractivity contribution in [2.45, 2.75) is 65.2 Å². The normalized spacial score (nSPS) is 50.6. The summed E-state index contributed by atoms with van der Waals surface area (Å²) in [6.07, 6.45) is 12.2. The molecule has 0 N–H and O–H groups in total. The summed E-state index contributed by atoms with van der Waals surface area (Å²) in [6.45, 7) is 4.81. The molecule has 0 aliphatic heterocycles. The van der Waals surface area contributed by atoms with E-state index >= 15 is 0 Å². The van der Waals surface area contributed by atoms with Gasteiger partial charge in [0.2, 0.25) is 0 Å². The third-order valence-corrected chi connectivity index (χ3v) is 8.20. The Bertz CT molecular complexity index is 548. The van der Waals surface area contributed by atoms with Crippen molar-refractivity contribution in [2.24, 2.45) is 34.5 Å². The van der Waals surface area contributed by atoms with Crippen molar-refractivity contribution in [3.05, 3.63) is 11.6 Å². The van der Waals surface area contributed by atoms with Crippen molar-refractivity contribution in [1.82, 2.24) is 0 Å². The number of carbonyl (C=O) groups excluding carboxylic acids is 2. The van der Waals surface area contributed by atoms with Gasteiger partial charge < -0.3 is 4.79 Å². The number of ketones is 1. The van der Waals surface area contributed by atoms with E-state index in [9.17, 15) is 9.59 Å². The molecule has 0 amide bonds. The van der Waals surface area contributed by atoms with Crippen LogP contribution in [0.25, 0.3) is 0 Å². The van der Waals surface area contributed by atoms with Gasteiger partial charge in [-0.15, -0.1) is 0 Å². The second-order valence-electron chi connectivity index (χ2n) is 8.83.